The van der Waals surface area contributed by atoms with Crippen LogP contribution in [0.3, 0.4) is 0 Å². The summed E-state index contributed by atoms with van der Waals surface area (Å²) in [6, 6.07) is 0. The van der Waals surface area contributed by atoms with E-state index < -0.39 is 10.2 Å². The van der Waals surface area contributed by atoms with Gasteiger partial charge in [-0.15, -0.1) is 5.10 Å². The van der Waals surface area contributed by atoms with Gasteiger partial charge in [0.15, 0.2) is 0 Å². The molecule has 0 unspecified atom stereocenters. The lowest BCUT2D eigenvalue weighted by molar-refractivity contribution is 0.354. The maximum atomic E-state index is 11.9. The summed E-state index contributed by atoms with van der Waals surface area (Å²) in [5, 5.41) is 10.6. The zero-order chi connectivity index (χ0) is 12.8. The van der Waals surface area contributed by atoms with E-state index in [4.69, 9.17) is 0 Å². The quantitative estimate of drug-likeness (QED) is 0.610. The first kappa shape index (κ1) is 13.4. The van der Waals surface area contributed by atoms with E-state index in [2.05, 4.69) is 20.4 Å². The van der Waals surface area contributed by atoms with Crippen LogP contribution in [0.25, 0.3) is 0 Å². The fraction of sp³-hybridized carbons (Fsp3) is 0.778. The molecule has 1 aromatic rings. The molecule has 0 atom stereocenters. The molecule has 0 bridgehead atoms. The largest absolute Gasteiger partial charge is 0.314 e. The van der Waals surface area contributed by atoms with Gasteiger partial charge in [-0.3, -0.25) is 4.68 Å². The topological polar surface area (TPSA) is 92.1 Å². The summed E-state index contributed by atoms with van der Waals surface area (Å²) in [5.41, 5.74) is 0. The van der Waals surface area contributed by atoms with E-state index >= 15 is 0 Å². The maximum absolute atomic E-state index is 11.9. The Hall–Kier alpha value is -1.03. The van der Waals surface area contributed by atoms with Gasteiger partial charge in [0.2, 0.25) is 0 Å². The smallest absolute Gasteiger partial charge is 0.279 e. The van der Waals surface area contributed by atoms with Gasteiger partial charge >= 0.3 is 0 Å². The van der Waals surface area contributed by atoms with Gasteiger partial charge in [0.25, 0.3) is 10.2 Å². The molecule has 1 aliphatic heterocycles. The Labute approximate surface area is 107 Å². The molecule has 0 spiro atoms. The average molecular weight is 274 g/mol. The fourth-order valence-electron chi connectivity index (χ4n) is 1.77. The molecule has 2 heterocycles. The number of piperazine rings is 1. The molecule has 2 rings (SSSR count). The van der Waals surface area contributed by atoms with E-state index in [0.29, 0.717) is 45.7 Å². The van der Waals surface area contributed by atoms with Gasteiger partial charge in [0, 0.05) is 45.5 Å². The van der Waals surface area contributed by atoms with Gasteiger partial charge in [0.1, 0.15) is 0 Å². The molecule has 0 radical (unpaired) electrons. The van der Waals surface area contributed by atoms with Crippen molar-refractivity contribution in [2.45, 2.75) is 13.0 Å². The van der Waals surface area contributed by atoms with E-state index in [1.807, 2.05) is 0 Å². The standard InChI is InChI=1S/C9H18N6O2S/c16-18(17,15-8-3-10-4-9-15)12-2-1-6-14-7-5-11-13-14/h5,7,10,12H,1-4,6,8-9H2. The normalized spacial score (nSPS) is 18.0. The van der Waals surface area contributed by atoms with Crippen LogP contribution in [-0.2, 0) is 16.8 Å². The third-order valence-electron chi connectivity index (χ3n) is 2.74. The van der Waals surface area contributed by atoms with Crippen LogP contribution in [0.2, 0.25) is 0 Å². The molecule has 102 valence electrons. The lowest BCUT2D eigenvalue weighted by Gasteiger charge is -2.26. The van der Waals surface area contributed by atoms with E-state index in [9.17, 15) is 8.42 Å². The highest BCUT2D eigenvalue weighted by atomic mass is 32.2. The Morgan fingerprint density at radius 1 is 1.33 bits per heavy atom. The van der Waals surface area contributed by atoms with Gasteiger partial charge in [-0.2, -0.15) is 12.7 Å². The molecule has 9 heteroatoms. The lowest BCUT2D eigenvalue weighted by Crippen LogP contribution is -2.50. The number of hydrogen-bond acceptors (Lipinski definition) is 5. The molecule has 1 aliphatic rings. The molecule has 1 fully saturated rings. The number of aryl methyl sites for hydroxylation is 1. The van der Waals surface area contributed by atoms with Crippen molar-refractivity contribution in [3.05, 3.63) is 12.4 Å². The second-order valence-corrected chi connectivity index (χ2v) is 5.82. The number of hydrogen-bond donors (Lipinski definition) is 2. The minimum atomic E-state index is -3.33. The SMILES string of the molecule is O=S(=O)(NCCCn1ccnn1)N1CCNCC1. The third kappa shape index (κ3) is 3.73. The molecule has 8 nitrogen and oxygen atoms in total. The van der Waals surface area contributed by atoms with Crippen LogP contribution in [-0.4, -0.2) is 60.4 Å². The molecular weight excluding hydrogens is 256 g/mol. The Balaban J connectivity index is 1.71. The molecular formula is C9H18N6O2S. The minimum Gasteiger partial charge on any atom is -0.314 e. The van der Waals surface area contributed by atoms with Gasteiger partial charge in [-0.05, 0) is 6.42 Å². The van der Waals surface area contributed by atoms with Gasteiger partial charge in [-0.25, -0.2) is 4.72 Å². The zero-order valence-electron chi connectivity index (χ0n) is 10.1. The number of nitrogens with zero attached hydrogens (tertiary/aromatic N) is 4. The molecule has 0 aliphatic carbocycles. The Bertz CT molecular complexity index is 440. The van der Waals surface area contributed by atoms with Crippen molar-refractivity contribution in [2.75, 3.05) is 32.7 Å². The second-order valence-electron chi connectivity index (χ2n) is 4.07. The van der Waals surface area contributed by atoms with Gasteiger partial charge in [-0.1, -0.05) is 5.21 Å². The highest BCUT2D eigenvalue weighted by Gasteiger charge is 2.22. The molecule has 0 amide bonds. The van der Waals surface area contributed by atoms with Crippen molar-refractivity contribution < 1.29 is 8.42 Å². The summed E-state index contributed by atoms with van der Waals surface area (Å²) in [6.07, 6.45) is 4.05. The van der Waals surface area contributed by atoms with Crippen molar-refractivity contribution in [2.24, 2.45) is 0 Å². The van der Waals surface area contributed by atoms with Crippen molar-refractivity contribution in [3.63, 3.8) is 0 Å². The van der Waals surface area contributed by atoms with Crippen molar-refractivity contribution in [1.29, 1.82) is 0 Å². The fourth-order valence-corrected chi connectivity index (χ4v) is 3.02. The first-order chi connectivity index (χ1) is 8.68. The summed E-state index contributed by atoms with van der Waals surface area (Å²) in [5.74, 6) is 0. The molecule has 1 aromatic heterocycles. The highest BCUT2D eigenvalue weighted by Crippen LogP contribution is 1.99. The van der Waals surface area contributed by atoms with Crippen molar-refractivity contribution in [1.82, 2.24) is 29.3 Å². The number of aromatic nitrogens is 3. The van der Waals surface area contributed by atoms with Gasteiger partial charge < -0.3 is 5.32 Å². The molecule has 1 saturated heterocycles. The summed E-state index contributed by atoms with van der Waals surface area (Å²) in [4.78, 5) is 0. The predicted octanol–water partition coefficient (Wildman–Crippen LogP) is -1.59. The second kappa shape index (κ2) is 6.23. The summed E-state index contributed by atoms with van der Waals surface area (Å²) < 4.78 is 29.5. The summed E-state index contributed by atoms with van der Waals surface area (Å²) in [6.45, 7) is 3.53. The van der Waals surface area contributed by atoms with Crippen LogP contribution >= 0.6 is 0 Å². The monoisotopic (exact) mass is 274 g/mol. The van der Waals surface area contributed by atoms with E-state index in [1.54, 1.807) is 17.1 Å². The van der Waals surface area contributed by atoms with Crippen LogP contribution in [0.15, 0.2) is 12.4 Å². The number of nitrogens with one attached hydrogen (secondary N) is 2. The third-order valence-corrected chi connectivity index (χ3v) is 4.35. The molecule has 2 N–H and O–H groups in total. The molecule has 0 saturated carbocycles. The van der Waals surface area contributed by atoms with Crippen LogP contribution in [0.4, 0.5) is 0 Å². The van der Waals surface area contributed by atoms with E-state index in [-0.39, 0.29) is 0 Å². The lowest BCUT2D eigenvalue weighted by atomic mass is 10.4. The van der Waals surface area contributed by atoms with Crippen LogP contribution in [0, 0.1) is 0 Å². The summed E-state index contributed by atoms with van der Waals surface area (Å²) >= 11 is 0. The predicted molar refractivity (Wildman–Crippen MR) is 66.0 cm³/mol. The Morgan fingerprint density at radius 2 is 2.11 bits per heavy atom. The minimum absolute atomic E-state index is 0.409. The molecule has 18 heavy (non-hydrogen) atoms. The first-order valence-corrected chi connectivity index (χ1v) is 7.42. The van der Waals surface area contributed by atoms with Crippen molar-refractivity contribution >= 4 is 10.2 Å². The Kier molecular flexibility index (Phi) is 4.64. The van der Waals surface area contributed by atoms with E-state index in [1.165, 1.54) is 4.31 Å². The van der Waals surface area contributed by atoms with Gasteiger partial charge in [0.05, 0.1) is 6.20 Å². The summed E-state index contributed by atoms with van der Waals surface area (Å²) in [7, 11) is -3.33. The highest BCUT2D eigenvalue weighted by molar-refractivity contribution is 7.87. The van der Waals surface area contributed by atoms with Crippen molar-refractivity contribution in [3.8, 4) is 0 Å². The Morgan fingerprint density at radius 3 is 2.78 bits per heavy atom. The van der Waals surface area contributed by atoms with Crippen LogP contribution < -0.4 is 10.0 Å². The maximum Gasteiger partial charge on any atom is 0.279 e. The van der Waals surface area contributed by atoms with E-state index in [0.717, 1.165) is 0 Å². The van der Waals surface area contributed by atoms with Crippen LogP contribution in [0.5, 0.6) is 0 Å². The first-order valence-electron chi connectivity index (χ1n) is 5.98. The zero-order valence-corrected chi connectivity index (χ0v) is 10.9. The number of rotatable bonds is 6. The molecule has 0 aromatic carbocycles. The van der Waals surface area contributed by atoms with Crippen LogP contribution in [0.1, 0.15) is 6.42 Å². The average Bonchev–Trinajstić information content (AvgIpc) is 2.89.